The summed E-state index contributed by atoms with van der Waals surface area (Å²) in [6.45, 7) is 5.24. The Balaban J connectivity index is 3.47. The third kappa shape index (κ3) is 7.45. The highest BCUT2D eigenvalue weighted by Gasteiger charge is 1.98. The third-order valence-electron chi connectivity index (χ3n) is 1.48. The zero-order valence-electron chi connectivity index (χ0n) is 8.56. The summed E-state index contributed by atoms with van der Waals surface area (Å²) in [7, 11) is 0. The number of aliphatic carboxylic acids is 1. The summed E-state index contributed by atoms with van der Waals surface area (Å²) in [6, 6.07) is 0. The van der Waals surface area contributed by atoms with Gasteiger partial charge in [0.2, 0.25) is 0 Å². The van der Waals surface area contributed by atoms with Crippen LogP contribution in [0.3, 0.4) is 0 Å². The molecule has 0 spiro atoms. The minimum Gasteiger partial charge on any atom is -0.478 e. The predicted molar refractivity (Wildman–Crippen MR) is 53.4 cm³/mol. The van der Waals surface area contributed by atoms with E-state index in [4.69, 9.17) is 9.84 Å². The van der Waals surface area contributed by atoms with E-state index in [1.807, 2.05) is 0 Å². The van der Waals surface area contributed by atoms with Gasteiger partial charge in [0.05, 0.1) is 13.2 Å². The van der Waals surface area contributed by atoms with Crippen molar-refractivity contribution in [2.45, 2.75) is 6.92 Å². The highest BCUT2D eigenvalue weighted by atomic mass is 16.6. The largest absolute Gasteiger partial charge is 0.478 e. The number of carboxylic acids is 1. The molecule has 0 aromatic heterocycles. The molecule has 0 heterocycles. The molecule has 0 saturated heterocycles. The van der Waals surface area contributed by atoms with Gasteiger partial charge in [0.1, 0.15) is 6.61 Å². The van der Waals surface area contributed by atoms with Crippen LogP contribution >= 0.6 is 0 Å². The number of hydrogen-bond donors (Lipinski definition) is 1. The smallest absolute Gasteiger partial charge is 0.331 e. The SMILES string of the molecule is C=CC(=O)OCCOCC=C(C)C(=O)O. The van der Waals surface area contributed by atoms with Crippen molar-refractivity contribution in [1.82, 2.24) is 0 Å². The molecule has 0 aliphatic rings. The Morgan fingerprint density at radius 3 is 2.60 bits per heavy atom. The Morgan fingerprint density at radius 2 is 2.07 bits per heavy atom. The number of carboxylic acid groups (broad SMARTS) is 1. The van der Waals surface area contributed by atoms with Crippen LogP contribution in [0.2, 0.25) is 0 Å². The fourth-order valence-electron chi connectivity index (χ4n) is 0.615. The van der Waals surface area contributed by atoms with Crippen molar-refractivity contribution in [1.29, 1.82) is 0 Å². The molecule has 0 fully saturated rings. The van der Waals surface area contributed by atoms with Gasteiger partial charge in [-0.05, 0) is 13.0 Å². The second-order valence-electron chi connectivity index (χ2n) is 2.64. The van der Waals surface area contributed by atoms with Gasteiger partial charge >= 0.3 is 11.9 Å². The molecule has 0 aromatic rings. The van der Waals surface area contributed by atoms with Crippen molar-refractivity contribution < 1.29 is 24.2 Å². The standard InChI is InChI=1S/C10H14O5/c1-3-9(11)15-7-6-14-5-4-8(2)10(12)13/h3-4H,1,5-7H2,2H3,(H,12,13). The Hall–Kier alpha value is -1.62. The van der Waals surface area contributed by atoms with Crippen molar-refractivity contribution in [2.24, 2.45) is 0 Å². The number of esters is 1. The van der Waals surface area contributed by atoms with Crippen LogP contribution in [-0.2, 0) is 19.1 Å². The van der Waals surface area contributed by atoms with Gasteiger partial charge in [0.25, 0.3) is 0 Å². The summed E-state index contributed by atoms with van der Waals surface area (Å²) >= 11 is 0. The first-order chi connectivity index (χ1) is 7.07. The molecule has 0 rings (SSSR count). The van der Waals surface area contributed by atoms with Crippen LogP contribution in [0.4, 0.5) is 0 Å². The van der Waals surface area contributed by atoms with E-state index in [0.29, 0.717) is 0 Å². The number of carbonyl (C=O) groups is 2. The van der Waals surface area contributed by atoms with E-state index in [1.165, 1.54) is 13.0 Å². The van der Waals surface area contributed by atoms with Gasteiger partial charge in [0.15, 0.2) is 0 Å². The first-order valence-corrected chi connectivity index (χ1v) is 4.35. The number of carbonyl (C=O) groups excluding carboxylic acids is 1. The molecule has 0 bridgehead atoms. The lowest BCUT2D eigenvalue weighted by molar-refractivity contribution is -0.139. The topological polar surface area (TPSA) is 72.8 Å². The van der Waals surface area contributed by atoms with Crippen LogP contribution in [0.15, 0.2) is 24.3 Å². The number of hydrogen-bond acceptors (Lipinski definition) is 4. The normalized spacial score (nSPS) is 10.9. The molecule has 0 unspecified atom stereocenters. The lowest BCUT2D eigenvalue weighted by atomic mass is 10.3. The molecule has 5 heteroatoms. The second kappa shape index (κ2) is 7.75. The van der Waals surface area contributed by atoms with Gasteiger partial charge in [-0.15, -0.1) is 0 Å². The molecule has 0 aliphatic carbocycles. The van der Waals surface area contributed by atoms with Crippen molar-refractivity contribution in [2.75, 3.05) is 19.8 Å². The van der Waals surface area contributed by atoms with Crippen LogP contribution in [0.1, 0.15) is 6.92 Å². The summed E-state index contributed by atoms with van der Waals surface area (Å²) in [5.74, 6) is -1.48. The van der Waals surface area contributed by atoms with Gasteiger partial charge < -0.3 is 14.6 Å². The van der Waals surface area contributed by atoms with Crippen molar-refractivity contribution in [3.05, 3.63) is 24.3 Å². The van der Waals surface area contributed by atoms with E-state index >= 15 is 0 Å². The minimum atomic E-state index is -0.975. The van der Waals surface area contributed by atoms with Gasteiger partial charge in [0, 0.05) is 11.6 Å². The molecule has 0 aliphatic heterocycles. The predicted octanol–water partition coefficient (Wildman–Crippen LogP) is 0.763. The molecular formula is C10H14O5. The van der Waals surface area contributed by atoms with E-state index in [2.05, 4.69) is 11.3 Å². The molecule has 0 atom stereocenters. The molecule has 0 aromatic carbocycles. The zero-order valence-corrected chi connectivity index (χ0v) is 8.56. The Kier molecular flexibility index (Phi) is 6.92. The molecule has 0 amide bonds. The van der Waals surface area contributed by atoms with Crippen molar-refractivity contribution in [3.8, 4) is 0 Å². The van der Waals surface area contributed by atoms with Gasteiger partial charge in [-0.25, -0.2) is 9.59 Å². The molecular weight excluding hydrogens is 200 g/mol. The van der Waals surface area contributed by atoms with Crippen LogP contribution in [0, 0.1) is 0 Å². The zero-order chi connectivity index (χ0) is 11.7. The maximum absolute atomic E-state index is 10.6. The molecule has 15 heavy (non-hydrogen) atoms. The maximum atomic E-state index is 10.6. The Morgan fingerprint density at radius 1 is 1.40 bits per heavy atom. The first-order valence-electron chi connectivity index (χ1n) is 4.35. The van der Waals surface area contributed by atoms with Crippen LogP contribution < -0.4 is 0 Å². The highest BCUT2D eigenvalue weighted by molar-refractivity contribution is 5.85. The van der Waals surface area contributed by atoms with E-state index in [0.717, 1.165) is 6.08 Å². The average Bonchev–Trinajstić information content (AvgIpc) is 2.22. The molecule has 1 N–H and O–H groups in total. The van der Waals surface area contributed by atoms with E-state index in [9.17, 15) is 9.59 Å². The summed E-state index contributed by atoms with van der Waals surface area (Å²) < 4.78 is 9.62. The van der Waals surface area contributed by atoms with E-state index in [1.54, 1.807) is 0 Å². The summed E-state index contributed by atoms with van der Waals surface area (Å²) in [5, 5.41) is 8.49. The second-order valence-corrected chi connectivity index (χ2v) is 2.64. The quantitative estimate of drug-likeness (QED) is 0.385. The molecule has 0 saturated carbocycles. The van der Waals surface area contributed by atoms with Crippen LogP contribution in [0.25, 0.3) is 0 Å². The molecule has 5 nitrogen and oxygen atoms in total. The highest BCUT2D eigenvalue weighted by Crippen LogP contribution is 1.91. The van der Waals surface area contributed by atoms with Gasteiger partial charge in [-0.2, -0.15) is 0 Å². The van der Waals surface area contributed by atoms with Crippen LogP contribution in [0.5, 0.6) is 0 Å². The molecule has 84 valence electrons. The van der Waals surface area contributed by atoms with E-state index < -0.39 is 11.9 Å². The van der Waals surface area contributed by atoms with Crippen molar-refractivity contribution >= 4 is 11.9 Å². The summed E-state index contributed by atoms with van der Waals surface area (Å²) in [5.41, 5.74) is 0.220. The lowest BCUT2D eigenvalue weighted by Gasteiger charge is -2.02. The monoisotopic (exact) mass is 214 g/mol. The average molecular weight is 214 g/mol. The third-order valence-corrected chi connectivity index (χ3v) is 1.48. The molecule has 0 radical (unpaired) electrons. The summed E-state index contributed by atoms with van der Waals surface area (Å²) in [6.07, 6.45) is 2.51. The summed E-state index contributed by atoms with van der Waals surface area (Å²) in [4.78, 5) is 20.9. The number of rotatable bonds is 7. The Bertz CT molecular complexity index is 267. The fraction of sp³-hybridized carbons (Fsp3) is 0.400. The fourth-order valence-corrected chi connectivity index (χ4v) is 0.615. The maximum Gasteiger partial charge on any atom is 0.331 e. The number of ether oxygens (including phenoxy) is 2. The van der Waals surface area contributed by atoms with Gasteiger partial charge in [-0.3, -0.25) is 0 Å². The van der Waals surface area contributed by atoms with Crippen molar-refractivity contribution in [3.63, 3.8) is 0 Å². The lowest BCUT2D eigenvalue weighted by Crippen LogP contribution is -2.08. The van der Waals surface area contributed by atoms with E-state index in [-0.39, 0.29) is 25.4 Å². The Labute approximate surface area is 88.0 Å². The first kappa shape index (κ1) is 13.4. The minimum absolute atomic E-state index is 0.130. The van der Waals surface area contributed by atoms with Gasteiger partial charge in [-0.1, -0.05) is 6.58 Å². The van der Waals surface area contributed by atoms with Crippen LogP contribution in [-0.4, -0.2) is 36.9 Å².